The van der Waals surface area contributed by atoms with Gasteiger partial charge in [0.05, 0.1) is 5.71 Å². The van der Waals surface area contributed by atoms with Gasteiger partial charge in [-0.1, -0.05) is 24.3 Å². The number of rotatable bonds is 5. The molecule has 0 saturated heterocycles. The first-order valence-electron chi connectivity index (χ1n) is 7.50. The Bertz CT molecular complexity index is 806. The summed E-state index contributed by atoms with van der Waals surface area (Å²) in [7, 11) is 1.50. The number of nitrogens with two attached hydrogens (primary N) is 1. The molecule has 3 amide bonds. The fraction of sp³-hybridized carbons (Fsp3) is 0.235. The summed E-state index contributed by atoms with van der Waals surface area (Å²) in [5.41, 5.74) is 6.15. The zero-order chi connectivity index (χ0) is 18.6. The number of amides is 3. The number of amidine groups is 1. The van der Waals surface area contributed by atoms with Crippen molar-refractivity contribution in [1.82, 2.24) is 4.90 Å². The number of benzene rings is 1. The van der Waals surface area contributed by atoms with Gasteiger partial charge in [-0.15, -0.1) is 5.75 Å². The Morgan fingerprint density at radius 2 is 1.92 bits per heavy atom. The van der Waals surface area contributed by atoms with Gasteiger partial charge in [-0.2, -0.15) is 0 Å². The Morgan fingerprint density at radius 1 is 1.28 bits per heavy atom. The fourth-order valence-electron chi connectivity index (χ4n) is 2.23. The second-order valence-corrected chi connectivity index (χ2v) is 5.44. The van der Waals surface area contributed by atoms with Crippen molar-refractivity contribution in [3.63, 3.8) is 0 Å². The van der Waals surface area contributed by atoms with Gasteiger partial charge in [0, 0.05) is 26.8 Å². The smallest absolute Gasteiger partial charge is 0.277 e. The van der Waals surface area contributed by atoms with Crippen molar-refractivity contribution in [2.24, 2.45) is 15.7 Å². The van der Waals surface area contributed by atoms with E-state index in [1.807, 2.05) is 0 Å². The molecule has 1 aromatic carbocycles. The number of primary amides is 1. The SMILES string of the molecule is CC(=O)N=C(CCC(N)=O)C1=N/C(=C/c2ccc([O-])cc2)C(=O)N1C. The maximum Gasteiger partial charge on any atom is 0.277 e. The molecule has 1 aliphatic rings. The van der Waals surface area contributed by atoms with E-state index in [0.29, 0.717) is 5.56 Å². The molecular formula is C17H17N4O4-. The van der Waals surface area contributed by atoms with Gasteiger partial charge in [-0.25, -0.2) is 9.98 Å². The zero-order valence-corrected chi connectivity index (χ0v) is 13.9. The van der Waals surface area contributed by atoms with Crippen molar-refractivity contribution in [1.29, 1.82) is 0 Å². The van der Waals surface area contributed by atoms with Crippen molar-refractivity contribution in [3.05, 3.63) is 35.5 Å². The Kier molecular flexibility index (Phi) is 5.43. The quantitative estimate of drug-likeness (QED) is 0.607. The summed E-state index contributed by atoms with van der Waals surface area (Å²) in [6, 6.07) is 5.92. The van der Waals surface area contributed by atoms with E-state index < -0.39 is 11.8 Å². The predicted octanol–water partition coefficient (Wildman–Crippen LogP) is 0.225. The molecule has 0 unspecified atom stereocenters. The van der Waals surface area contributed by atoms with E-state index in [1.54, 1.807) is 12.1 Å². The van der Waals surface area contributed by atoms with Crippen molar-refractivity contribution in [2.45, 2.75) is 19.8 Å². The highest BCUT2D eigenvalue weighted by Gasteiger charge is 2.30. The first-order valence-corrected chi connectivity index (χ1v) is 7.50. The zero-order valence-electron chi connectivity index (χ0n) is 13.9. The molecule has 25 heavy (non-hydrogen) atoms. The van der Waals surface area contributed by atoms with Gasteiger partial charge in [0.25, 0.3) is 5.91 Å². The molecule has 8 heteroatoms. The molecular weight excluding hydrogens is 324 g/mol. The molecule has 0 aromatic heterocycles. The van der Waals surface area contributed by atoms with Crippen LogP contribution in [0.3, 0.4) is 0 Å². The molecule has 1 aromatic rings. The van der Waals surface area contributed by atoms with E-state index in [2.05, 4.69) is 9.98 Å². The molecule has 0 atom stereocenters. The molecule has 0 bridgehead atoms. The van der Waals surface area contributed by atoms with Gasteiger partial charge in [-0.3, -0.25) is 19.3 Å². The monoisotopic (exact) mass is 341 g/mol. The van der Waals surface area contributed by atoms with Crippen LogP contribution in [0.25, 0.3) is 6.08 Å². The summed E-state index contributed by atoms with van der Waals surface area (Å²) in [4.78, 5) is 44.1. The largest absolute Gasteiger partial charge is 0.872 e. The van der Waals surface area contributed by atoms with Crippen LogP contribution in [0.5, 0.6) is 5.75 Å². The number of hydrogen-bond acceptors (Lipinski definition) is 5. The van der Waals surface area contributed by atoms with E-state index in [1.165, 1.54) is 37.1 Å². The summed E-state index contributed by atoms with van der Waals surface area (Å²) in [5.74, 6) is -1.32. The second-order valence-electron chi connectivity index (χ2n) is 5.44. The van der Waals surface area contributed by atoms with E-state index >= 15 is 0 Å². The molecule has 8 nitrogen and oxygen atoms in total. The molecule has 0 fully saturated rings. The molecule has 0 radical (unpaired) electrons. The molecule has 1 aliphatic heterocycles. The van der Waals surface area contributed by atoms with Crippen molar-refractivity contribution in [2.75, 3.05) is 7.05 Å². The van der Waals surface area contributed by atoms with Gasteiger partial charge in [0.1, 0.15) is 5.70 Å². The Labute approximate surface area is 144 Å². The fourth-order valence-corrected chi connectivity index (χ4v) is 2.23. The van der Waals surface area contributed by atoms with Gasteiger partial charge in [-0.05, 0) is 11.6 Å². The minimum atomic E-state index is -0.544. The van der Waals surface area contributed by atoms with Crippen LogP contribution in [0.2, 0.25) is 0 Å². The minimum Gasteiger partial charge on any atom is -0.872 e. The van der Waals surface area contributed by atoms with Crippen molar-refractivity contribution < 1.29 is 19.5 Å². The average molecular weight is 341 g/mol. The lowest BCUT2D eigenvalue weighted by atomic mass is 10.1. The number of aliphatic imine (C=N–C) groups is 2. The van der Waals surface area contributed by atoms with E-state index in [9.17, 15) is 19.5 Å². The number of nitrogens with zero attached hydrogens (tertiary/aromatic N) is 3. The van der Waals surface area contributed by atoms with Crippen LogP contribution in [0.1, 0.15) is 25.3 Å². The lowest BCUT2D eigenvalue weighted by Crippen LogP contribution is -2.34. The predicted molar refractivity (Wildman–Crippen MR) is 90.6 cm³/mol. The number of carbonyl (C=O) groups is 3. The summed E-state index contributed by atoms with van der Waals surface area (Å²) >= 11 is 0. The van der Waals surface area contributed by atoms with Gasteiger partial charge in [0.15, 0.2) is 5.84 Å². The Morgan fingerprint density at radius 3 is 2.48 bits per heavy atom. The van der Waals surface area contributed by atoms with Crippen molar-refractivity contribution >= 4 is 35.3 Å². The maximum atomic E-state index is 12.4. The van der Waals surface area contributed by atoms with E-state index in [4.69, 9.17) is 5.73 Å². The Balaban J connectivity index is 2.37. The van der Waals surface area contributed by atoms with Crippen LogP contribution >= 0.6 is 0 Å². The van der Waals surface area contributed by atoms with Crippen LogP contribution in [0, 0.1) is 0 Å². The van der Waals surface area contributed by atoms with Gasteiger partial charge in [0.2, 0.25) is 11.8 Å². The topological polar surface area (TPSA) is 128 Å². The third-order valence-electron chi connectivity index (χ3n) is 3.41. The molecule has 0 saturated carbocycles. The van der Waals surface area contributed by atoms with Gasteiger partial charge < -0.3 is 10.8 Å². The lowest BCUT2D eigenvalue weighted by molar-refractivity contribution is -0.268. The maximum absolute atomic E-state index is 12.4. The van der Waals surface area contributed by atoms with Crippen LogP contribution in [-0.2, 0) is 14.4 Å². The molecule has 0 aliphatic carbocycles. The van der Waals surface area contributed by atoms with E-state index in [0.717, 1.165) is 0 Å². The van der Waals surface area contributed by atoms with Crippen LogP contribution < -0.4 is 10.8 Å². The van der Waals surface area contributed by atoms with Crippen LogP contribution in [0.4, 0.5) is 0 Å². The number of likely N-dealkylation sites (N-methyl/N-ethyl adjacent to an activating group) is 1. The average Bonchev–Trinajstić information content (AvgIpc) is 2.81. The Hall–Kier alpha value is -3.29. The number of hydrogen-bond donors (Lipinski definition) is 1. The lowest BCUT2D eigenvalue weighted by Gasteiger charge is -2.13. The standard InChI is InChI=1S/C17H18N4O4/c1-10(22)19-13(7-8-15(18)24)16-20-14(17(25)21(16)2)9-11-3-5-12(23)6-4-11/h3-6,9,23H,7-8H2,1-2H3,(H2,18,24)/p-1/b14-9+,19-13?. The third kappa shape index (κ3) is 4.60. The minimum absolute atomic E-state index is 0.0167. The first-order chi connectivity index (χ1) is 11.8. The summed E-state index contributed by atoms with van der Waals surface area (Å²) < 4.78 is 0. The molecule has 2 N–H and O–H groups in total. The molecule has 1 heterocycles. The first kappa shape index (κ1) is 18.1. The molecule has 2 rings (SSSR count). The van der Waals surface area contributed by atoms with Crippen LogP contribution in [0.15, 0.2) is 39.9 Å². The second kappa shape index (κ2) is 7.52. The number of carbonyl (C=O) groups excluding carboxylic acids is 3. The highest BCUT2D eigenvalue weighted by Crippen LogP contribution is 2.19. The van der Waals surface area contributed by atoms with Crippen molar-refractivity contribution in [3.8, 4) is 5.75 Å². The molecule has 0 spiro atoms. The molecule has 130 valence electrons. The summed E-state index contributed by atoms with van der Waals surface area (Å²) in [5, 5.41) is 11.1. The van der Waals surface area contributed by atoms with E-state index in [-0.39, 0.29) is 41.7 Å². The van der Waals surface area contributed by atoms with Crippen LogP contribution in [-0.4, -0.2) is 41.2 Å². The highest BCUT2D eigenvalue weighted by atomic mass is 16.3. The normalized spacial score (nSPS) is 16.3. The summed E-state index contributed by atoms with van der Waals surface area (Å²) in [6.45, 7) is 1.27. The summed E-state index contributed by atoms with van der Waals surface area (Å²) in [6.07, 6.45) is 1.62. The third-order valence-corrected chi connectivity index (χ3v) is 3.41. The van der Waals surface area contributed by atoms with Gasteiger partial charge >= 0.3 is 0 Å². The highest BCUT2D eigenvalue weighted by molar-refractivity contribution is 6.47.